The smallest absolute Gasteiger partial charge is 0.254 e. The van der Waals surface area contributed by atoms with Gasteiger partial charge in [0.15, 0.2) is 0 Å². The molecule has 0 aliphatic carbocycles. The van der Waals surface area contributed by atoms with Crippen LogP contribution in [0.5, 0.6) is 0 Å². The molecule has 4 N–H and O–H groups in total. The summed E-state index contributed by atoms with van der Waals surface area (Å²) in [5.74, 6) is 0.411. The van der Waals surface area contributed by atoms with Crippen molar-refractivity contribution in [2.45, 2.75) is 19.4 Å². The molecule has 0 unspecified atom stereocenters. The van der Waals surface area contributed by atoms with E-state index in [9.17, 15) is 14.4 Å². The second-order valence-electron chi connectivity index (χ2n) is 9.90. The molecule has 2 rings (SSSR count). The number of rotatable bonds is 23. The van der Waals surface area contributed by atoms with Crippen LogP contribution < -0.4 is 21.3 Å². The van der Waals surface area contributed by atoms with E-state index < -0.39 is 0 Å². The first-order valence-corrected chi connectivity index (χ1v) is 15.0. The predicted octanol–water partition coefficient (Wildman–Crippen LogP) is -1.11. The molecule has 1 saturated heterocycles. The average Bonchev–Trinajstić information content (AvgIpc) is 3.05. The number of aldehydes is 1. The Labute approximate surface area is 260 Å². The van der Waals surface area contributed by atoms with Crippen LogP contribution in [0.2, 0.25) is 0 Å². The minimum absolute atomic E-state index is 0.0813. The Morgan fingerprint density at radius 3 is 2.50 bits per heavy atom. The largest absolute Gasteiger partial charge is 0.380 e. The van der Waals surface area contributed by atoms with Gasteiger partial charge in [-0.1, -0.05) is 0 Å². The second-order valence-corrected chi connectivity index (χ2v) is 9.90. The summed E-state index contributed by atoms with van der Waals surface area (Å²) in [6, 6.07) is 0. The van der Waals surface area contributed by atoms with Gasteiger partial charge in [0.05, 0.1) is 45.0 Å². The minimum Gasteiger partial charge on any atom is -0.380 e. The molecule has 15 nitrogen and oxygen atoms in total. The number of carbonyl (C=O) groups excluding carboxylic acids is 3. The number of hydrogen-bond donors (Lipinski definition) is 3. The zero-order valence-electron chi connectivity index (χ0n) is 25.9. The van der Waals surface area contributed by atoms with Crippen LogP contribution in [0.3, 0.4) is 0 Å². The molecule has 1 aliphatic rings. The SMILES string of the molecule is C=N/C=C(\C=NCCN(CCNC)CCOCCC(=O)N1CCN(c2ncc(CN)cn2)CC1)C(=O)NCCOCCC=O. The molecule has 0 spiro atoms. The number of carbonyl (C=O) groups is 3. The van der Waals surface area contributed by atoms with Crippen molar-refractivity contribution in [3.05, 3.63) is 29.7 Å². The molecule has 1 aromatic rings. The number of nitrogens with two attached hydrogens (primary N) is 1. The maximum Gasteiger partial charge on any atom is 0.254 e. The third kappa shape index (κ3) is 14.7. The quantitative estimate of drug-likeness (QED) is 0.0587. The van der Waals surface area contributed by atoms with Crippen molar-refractivity contribution in [2.75, 3.05) is 104 Å². The van der Waals surface area contributed by atoms with E-state index >= 15 is 0 Å². The summed E-state index contributed by atoms with van der Waals surface area (Å²) in [5.41, 5.74) is 6.79. The van der Waals surface area contributed by atoms with Crippen molar-refractivity contribution in [2.24, 2.45) is 15.7 Å². The number of anilines is 1. The molecule has 244 valence electrons. The Bertz CT molecular complexity index is 1050. The van der Waals surface area contributed by atoms with Crippen molar-refractivity contribution < 1.29 is 23.9 Å². The summed E-state index contributed by atoms with van der Waals surface area (Å²) in [7, 11) is 1.90. The molecule has 2 heterocycles. The molecule has 0 atom stereocenters. The van der Waals surface area contributed by atoms with Gasteiger partial charge >= 0.3 is 0 Å². The summed E-state index contributed by atoms with van der Waals surface area (Å²) in [4.78, 5) is 58.4. The van der Waals surface area contributed by atoms with Crippen molar-refractivity contribution in [3.8, 4) is 0 Å². The number of ether oxygens (including phenoxy) is 2. The summed E-state index contributed by atoms with van der Waals surface area (Å²) in [6.07, 6.45) is 7.76. The van der Waals surface area contributed by atoms with Crippen molar-refractivity contribution in [1.29, 1.82) is 0 Å². The number of nitrogens with one attached hydrogen (secondary N) is 2. The fraction of sp³-hybridized carbons (Fsp3) is 0.621. The standard InChI is InChI=1S/C29H48N10O5/c1-31-5-8-37(9-6-33-24-26(23-32-2)28(42)34-7-18-43-16-3-15-40)14-19-44-17-4-27(41)38-10-12-39(13-11-38)29-35-21-25(20-30)22-36-29/h15,21-24,31H,2-14,16-20,30H2,1H3,(H,34,42)/b26-23+,33-24?. The van der Waals surface area contributed by atoms with Gasteiger partial charge in [-0.05, 0) is 13.8 Å². The van der Waals surface area contributed by atoms with Crippen LogP contribution >= 0.6 is 0 Å². The summed E-state index contributed by atoms with van der Waals surface area (Å²) >= 11 is 0. The normalized spacial score (nSPS) is 13.9. The number of amides is 2. The van der Waals surface area contributed by atoms with Crippen LogP contribution in [-0.4, -0.2) is 150 Å². The van der Waals surface area contributed by atoms with E-state index in [0.717, 1.165) is 24.9 Å². The van der Waals surface area contributed by atoms with Gasteiger partial charge in [-0.15, -0.1) is 0 Å². The Morgan fingerprint density at radius 1 is 1.07 bits per heavy atom. The molecule has 15 heteroatoms. The number of aliphatic imine (C=N–C) groups is 2. The number of nitrogens with zero attached hydrogens (tertiary/aromatic N) is 7. The van der Waals surface area contributed by atoms with E-state index in [1.54, 1.807) is 12.4 Å². The first kappa shape index (κ1) is 36.6. The van der Waals surface area contributed by atoms with Gasteiger partial charge in [0.25, 0.3) is 5.91 Å². The average molecular weight is 617 g/mol. The highest BCUT2D eigenvalue weighted by molar-refractivity contribution is 6.12. The zero-order valence-corrected chi connectivity index (χ0v) is 25.9. The third-order valence-electron chi connectivity index (χ3n) is 6.71. The molecule has 1 aromatic heterocycles. The molecular formula is C29H48N10O5. The highest BCUT2D eigenvalue weighted by Crippen LogP contribution is 2.11. The molecule has 1 aliphatic heterocycles. The van der Waals surface area contributed by atoms with Gasteiger partial charge in [0.2, 0.25) is 11.9 Å². The summed E-state index contributed by atoms with van der Waals surface area (Å²) in [5, 5.41) is 5.88. The Kier molecular flexibility index (Phi) is 19.0. The van der Waals surface area contributed by atoms with E-state index in [1.807, 2.05) is 11.9 Å². The van der Waals surface area contributed by atoms with E-state index in [1.165, 1.54) is 12.4 Å². The molecule has 0 saturated carbocycles. The van der Waals surface area contributed by atoms with Crippen LogP contribution in [-0.2, 0) is 30.4 Å². The predicted molar refractivity (Wildman–Crippen MR) is 170 cm³/mol. The topological polar surface area (TPSA) is 180 Å². The second kappa shape index (κ2) is 22.8. The molecular weight excluding hydrogens is 568 g/mol. The molecule has 1 fully saturated rings. The van der Waals surface area contributed by atoms with E-state index in [0.29, 0.717) is 110 Å². The van der Waals surface area contributed by atoms with Crippen molar-refractivity contribution in [3.63, 3.8) is 0 Å². The fourth-order valence-electron chi connectivity index (χ4n) is 4.17. The summed E-state index contributed by atoms with van der Waals surface area (Å²) < 4.78 is 11.0. The maximum absolute atomic E-state index is 12.7. The van der Waals surface area contributed by atoms with Crippen LogP contribution in [0.4, 0.5) is 5.95 Å². The first-order valence-electron chi connectivity index (χ1n) is 15.0. The van der Waals surface area contributed by atoms with E-state index in [2.05, 4.69) is 47.1 Å². The van der Waals surface area contributed by atoms with E-state index in [-0.39, 0.29) is 11.8 Å². The Morgan fingerprint density at radius 2 is 1.82 bits per heavy atom. The Hall–Kier alpha value is -3.63. The maximum atomic E-state index is 12.7. The minimum atomic E-state index is -0.330. The van der Waals surface area contributed by atoms with Gasteiger partial charge in [-0.2, -0.15) is 0 Å². The van der Waals surface area contributed by atoms with Crippen LogP contribution in [0.25, 0.3) is 0 Å². The third-order valence-corrected chi connectivity index (χ3v) is 6.71. The lowest BCUT2D eigenvalue weighted by atomic mass is 10.3. The van der Waals surface area contributed by atoms with Gasteiger partial charge in [-0.3, -0.25) is 24.5 Å². The number of hydrogen-bond acceptors (Lipinski definition) is 13. The van der Waals surface area contributed by atoms with Crippen LogP contribution in [0, 0.1) is 0 Å². The van der Waals surface area contributed by atoms with Gasteiger partial charge in [0.1, 0.15) is 6.29 Å². The lowest BCUT2D eigenvalue weighted by Crippen LogP contribution is -2.49. The number of piperazine rings is 1. The van der Waals surface area contributed by atoms with Crippen LogP contribution in [0.15, 0.2) is 34.2 Å². The molecule has 0 aromatic carbocycles. The molecule has 44 heavy (non-hydrogen) atoms. The monoisotopic (exact) mass is 616 g/mol. The highest BCUT2D eigenvalue weighted by atomic mass is 16.5. The van der Waals surface area contributed by atoms with Crippen molar-refractivity contribution >= 4 is 37.0 Å². The molecule has 0 radical (unpaired) electrons. The summed E-state index contributed by atoms with van der Waals surface area (Å²) in [6.45, 7) is 11.7. The lowest BCUT2D eigenvalue weighted by molar-refractivity contribution is -0.132. The van der Waals surface area contributed by atoms with E-state index in [4.69, 9.17) is 15.2 Å². The van der Waals surface area contributed by atoms with Gasteiger partial charge < -0.3 is 40.4 Å². The number of likely N-dealkylation sites (N-methyl/N-ethyl adjacent to an activating group) is 1. The van der Waals surface area contributed by atoms with Crippen LogP contribution in [0.1, 0.15) is 18.4 Å². The highest BCUT2D eigenvalue weighted by Gasteiger charge is 2.22. The van der Waals surface area contributed by atoms with Crippen molar-refractivity contribution in [1.82, 2.24) is 30.4 Å². The Balaban J connectivity index is 1.66. The van der Waals surface area contributed by atoms with Gasteiger partial charge in [0, 0.05) is 102 Å². The molecule has 0 bridgehead atoms. The first-order chi connectivity index (χ1) is 21.5. The lowest BCUT2D eigenvalue weighted by Gasteiger charge is -2.34. The zero-order chi connectivity index (χ0) is 31.8. The number of aromatic nitrogens is 2. The fourth-order valence-corrected chi connectivity index (χ4v) is 4.17. The van der Waals surface area contributed by atoms with Gasteiger partial charge in [-0.25, -0.2) is 9.97 Å². The molecule has 2 amide bonds.